The minimum absolute atomic E-state index is 0.101. The number of aromatic nitrogens is 3. The van der Waals surface area contributed by atoms with Crippen LogP contribution in [0.15, 0.2) is 64.7 Å². The van der Waals surface area contributed by atoms with E-state index in [0.717, 1.165) is 32.9 Å². The van der Waals surface area contributed by atoms with Crippen molar-refractivity contribution in [1.29, 1.82) is 0 Å². The molecule has 0 atom stereocenters. The molecule has 0 saturated carbocycles. The molecule has 0 fully saturated rings. The van der Waals surface area contributed by atoms with Gasteiger partial charge in [0.1, 0.15) is 11.6 Å². The summed E-state index contributed by atoms with van der Waals surface area (Å²) >= 11 is 6.44. The van der Waals surface area contributed by atoms with Crippen LogP contribution in [0, 0.1) is 12.7 Å². The van der Waals surface area contributed by atoms with Gasteiger partial charge in [0.2, 0.25) is 5.91 Å². The molecule has 3 aromatic rings. The van der Waals surface area contributed by atoms with Gasteiger partial charge in [-0.25, -0.2) is 4.39 Å². The first-order chi connectivity index (χ1) is 15.0. The highest BCUT2D eigenvalue weighted by Crippen LogP contribution is 2.23. The van der Waals surface area contributed by atoms with E-state index in [2.05, 4.69) is 38.0 Å². The Morgan fingerprint density at radius 2 is 2.00 bits per heavy atom. The van der Waals surface area contributed by atoms with E-state index in [-0.39, 0.29) is 17.5 Å². The first-order valence-electron chi connectivity index (χ1n) is 9.50. The second kappa shape index (κ2) is 11.5. The smallest absolute Gasteiger partial charge is 0.234 e. The lowest BCUT2D eigenvalue weighted by atomic mass is 10.2. The molecule has 0 spiro atoms. The van der Waals surface area contributed by atoms with Gasteiger partial charge in [0.25, 0.3) is 0 Å². The Labute approximate surface area is 198 Å². The van der Waals surface area contributed by atoms with Gasteiger partial charge in [-0.3, -0.25) is 4.79 Å². The number of amides is 1. The number of carbonyl (C=O) groups is 1. The van der Waals surface area contributed by atoms with Crippen LogP contribution in [-0.2, 0) is 22.8 Å². The third-order valence-electron chi connectivity index (χ3n) is 4.31. The van der Waals surface area contributed by atoms with Gasteiger partial charge in [0, 0.05) is 22.5 Å². The summed E-state index contributed by atoms with van der Waals surface area (Å²) in [5, 5.41) is 12.2. The number of halogens is 2. The molecule has 2 aromatic carbocycles. The fourth-order valence-corrected chi connectivity index (χ4v) is 4.94. The van der Waals surface area contributed by atoms with Crippen LogP contribution >= 0.6 is 39.5 Å². The van der Waals surface area contributed by atoms with Crippen molar-refractivity contribution in [1.82, 2.24) is 14.8 Å². The van der Waals surface area contributed by atoms with Crippen LogP contribution in [0.5, 0.6) is 0 Å². The molecule has 0 unspecified atom stereocenters. The summed E-state index contributed by atoms with van der Waals surface area (Å²) < 4.78 is 16.0. The Morgan fingerprint density at radius 3 is 2.71 bits per heavy atom. The number of rotatable bonds is 10. The first kappa shape index (κ1) is 23.6. The minimum Gasteiger partial charge on any atom is -0.325 e. The van der Waals surface area contributed by atoms with E-state index in [1.807, 2.05) is 29.7 Å². The van der Waals surface area contributed by atoms with Crippen molar-refractivity contribution < 1.29 is 9.18 Å². The summed E-state index contributed by atoms with van der Waals surface area (Å²) in [5.41, 5.74) is 2.83. The Kier molecular flexibility index (Phi) is 8.74. The van der Waals surface area contributed by atoms with E-state index in [1.165, 1.54) is 23.9 Å². The lowest BCUT2D eigenvalue weighted by Gasteiger charge is -2.10. The van der Waals surface area contributed by atoms with Gasteiger partial charge >= 0.3 is 0 Å². The predicted molar refractivity (Wildman–Crippen MR) is 130 cm³/mol. The summed E-state index contributed by atoms with van der Waals surface area (Å²) in [7, 11) is 0. The number of nitrogens with one attached hydrogen (secondary N) is 1. The molecule has 0 aliphatic rings. The highest BCUT2D eigenvalue weighted by Gasteiger charge is 2.14. The predicted octanol–water partition coefficient (Wildman–Crippen LogP) is 5.84. The zero-order valence-electron chi connectivity index (χ0n) is 17.0. The summed E-state index contributed by atoms with van der Waals surface area (Å²) in [6.07, 6.45) is 1.78. The standard InChI is InChI=1S/C22H22BrFN4OS2/c1-3-10-28-20(13-30-12-16-4-7-18(24)8-5-16)26-27-22(28)31-14-21(29)25-19-9-6-17(23)11-15(19)2/h3-9,11H,1,10,12-14H2,2H3,(H,25,29). The van der Waals surface area contributed by atoms with Gasteiger partial charge in [0.05, 0.1) is 11.5 Å². The quantitative estimate of drug-likeness (QED) is 0.269. The van der Waals surface area contributed by atoms with Gasteiger partial charge in [-0.2, -0.15) is 0 Å². The van der Waals surface area contributed by atoms with Crippen molar-refractivity contribution in [2.75, 3.05) is 11.1 Å². The third kappa shape index (κ3) is 6.95. The second-order valence-electron chi connectivity index (χ2n) is 6.71. The van der Waals surface area contributed by atoms with Crippen molar-refractivity contribution in [2.45, 2.75) is 30.1 Å². The van der Waals surface area contributed by atoms with Crippen LogP contribution in [0.1, 0.15) is 17.0 Å². The lowest BCUT2D eigenvalue weighted by molar-refractivity contribution is -0.113. The average Bonchev–Trinajstić information content (AvgIpc) is 3.12. The zero-order valence-corrected chi connectivity index (χ0v) is 20.2. The fourth-order valence-electron chi connectivity index (χ4n) is 2.77. The average molecular weight is 521 g/mol. The first-order valence-corrected chi connectivity index (χ1v) is 12.4. The van der Waals surface area contributed by atoms with Crippen LogP contribution in [0.3, 0.4) is 0 Å². The molecule has 0 bridgehead atoms. The molecule has 1 heterocycles. The van der Waals surface area contributed by atoms with Gasteiger partial charge in [-0.05, 0) is 48.4 Å². The molecule has 3 rings (SSSR count). The van der Waals surface area contributed by atoms with Crippen molar-refractivity contribution >= 4 is 51.0 Å². The highest BCUT2D eigenvalue weighted by atomic mass is 79.9. The minimum atomic E-state index is -0.236. The highest BCUT2D eigenvalue weighted by molar-refractivity contribution is 9.10. The molecule has 1 amide bonds. The number of allylic oxidation sites excluding steroid dienone is 1. The second-order valence-corrected chi connectivity index (χ2v) is 9.56. The molecule has 5 nitrogen and oxygen atoms in total. The van der Waals surface area contributed by atoms with E-state index in [9.17, 15) is 9.18 Å². The Bertz CT molecular complexity index is 1060. The van der Waals surface area contributed by atoms with Crippen molar-refractivity contribution in [3.63, 3.8) is 0 Å². The van der Waals surface area contributed by atoms with Gasteiger partial charge in [0.15, 0.2) is 5.16 Å². The molecule has 162 valence electrons. The van der Waals surface area contributed by atoms with Crippen LogP contribution in [0.25, 0.3) is 0 Å². The molecule has 0 saturated heterocycles. The van der Waals surface area contributed by atoms with Gasteiger partial charge in [-0.1, -0.05) is 45.9 Å². The zero-order chi connectivity index (χ0) is 22.2. The Hall–Kier alpha value is -2.10. The fraction of sp³-hybridized carbons (Fsp3) is 0.227. The van der Waals surface area contributed by atoms with Gasteiger partial charge < -0.3 is 9.88 Å². The summed E-state index contributed by atoms with van der Waals surface area (Å²) in [6, 6.07) is 12.2. The summed E-state index contributed by atoms with van der Waals surface area (Å²) in [4.78, 5) is 12.4. The number of benzene rings is 2. The number of hydrogen-bond donors (Lipinski definition) is 1. The maximum atomic E-state index is 13.0. The molecule has 1 aromatic heterocycles. The molecule has 1 N–H and O–H groups in total. The molecule has 31 heavy (non-hydrogen) atoms. The third-order valence-corrected chi connectivity index (χ3v) is 6.77. The number of thioether (sulfide) groups is 2. The molecule has 9 heteroatoms. The number of aryl methyl sites for hydroxylation is 1. The topological polar surface area (TPSA) is 59.8 Å². The maximum Gasteiger partial charge on any atom is 0.234 e. The van der Waals surface area contributed by atoms with E-state index >= 15 is 0 Å². The van der Waals surface area contributed by atoms with E-state index in [0.29, 0.717) is 17.5 Å². The molecule has 0 aliphatic heterocycles. The van der Waals surface area contributed by atoms with Gasteiger partial charge in [-0.15, -0.1) is 28.5 Å². The van der Waals surface area contributed by atoms with Crippen molar-refractivity contribution in [3.05, 3.63) is 82.4 Å². The van der Waals surface area contributed by atoms with Crippen LogP contribution in [-0.4, -0.2) is 26.4 Å². The van der Waals surface area contributed by atoms with Crippen LogP contribution in [0.2, 0.25) is 0 Å². The maximum absolute atomic E-state index is 13.0. The molecule has 0 radical (unpaired) electrons. The largest absolute Gasteiger partial charge is 0.325 e. The Balaban J connectivity index is 1.56. The summed E-state index contributed by atoms with van der Waals surface area (Å²) in [6.45, 7) is 6.32. The van der Waals surface area contributed by atoms with Crippen molar-refractivity contribution in [2.24, 2.45) is 0 Å². The Morgan fingerprint density at radius 1 is 1.23 bits per heavy atom. The van der Waals surface area contributed by atoms with Crippen LogP contribution < -0.4 is 5.32 Å². The molecular formula is C22H22BrFN4OS2. The van der Waals surface area contributed by atoms with E-state index < -0.39 is 0 Å². The number of carbonyl (C=O) groups excluding carboxylic acids is 1. The number of anilines is 1. The lowest BCUT2D eigenvalue weighted by Crippen LogP contribution is -2.15. The monoisotopic (exact) mass is 520 g/mol. The SMILES string of the molecule is C=CCn1c(CSCc2ccc(F)cc2)nnc1SCC(=O)Nc1ccc(Br)cc1C. The molecule has 0 aliphatic carbocycles. The van der Waals surface area contributed by atoms with Crippen LogP contribution in [0.4, 0.5) is 10.1 Å². The van der Waals surface area contributed by atoms with Crippen molar-refractivity contribution in [3.8, 4) is 0 Å². The molecular weight excluding hydrogens is 499 g/mol. The normalized spacial score (nSPS) is 10.8. The number of nitrogens with zero attached hydrogens (tertiary/aromatic N) is 3. The number of hydrogen-bond acceptors (Lipinski definition) is 5. The summed E-state index contributed by atoms with van der Waals surface area (Å²) in [5.74, 6) is 2.12. The van der Waals surface area contributed by atoms with E-state index in [1.54, 1.807) is 30.0 Å². The van der Waals surface area contributed by atoms with E-state index in [4.69, 9.17) is 0 Å².